The van der Waals surface area contributed by atoms with E-state index in [4.69, 9.17) is 23.2 Å². The number of ketones is 1. The molecule has 236 valence electrons. The average molecular weight is 628 g/mol. The van der Waals surface area contributed by atoms with Gasteiger partial charge in [0.05, 0.1) is 35.6 Å². The highest BCUT2D eigenvalue weighted by atomic mass is 32.1. The number of nitrogens with one attached hydrogen (secondary N) is 1. The monoisotopic (exact) mass is 627 g/mol. The van der Waals surface area contributed by atoms with Gasteiger partial charge in [-0.3, -0.25) is 4.79 Å². The van der Waals surface area contributed by atoms with Crippen molar-refractivity contribution in [1.82, 2.24) is 24.7 Å². The number of hydrogen-bond donors (Lipinski definition) is 2. The number of rotatable bonds is 14. The second-order valence-electron chi connectivity index (χ2n) is 11.5. The molecule has 0 bridgehead atoms. The lowest BCUT2D eigenvalue weighted by atomic mass is 9.88. The number of carbonyl (C=O) groups excluding carboxylic acids is 1. The second-order valence-corrected chi connectivity index (χ2v) is 11.9. The highest BCUT2D eigenvalue weighted by Crippen LogP contribution is 2.33. The number of hydrogen-bond acceptors (Lipinski definition) is 6. The number of nitrogens with zero attached hydrogens (tertiary/aromatic N) is 5. The summed E-state index contributed by atoms with van der Waals surface area (Å²) in [5.41, 5.74) is 8.23. The van der Waals surface area contributed by atoms with E-state index in [0.717, 1.165) is 11.6 Å². The SMILES string of the molecule is CC(C)C[C@H](C(=O)Cc1cncn1Cc1ccc(C#N)cc1)C(N)N(Cc1ccccc1C(F)(F)F)C(=S)NCCN(C)C. The van der Waals surface area contributed by atoms with Crippen molar-refractivity contribution >= 4 is 23.1 Å². The third kappa shape index (κ3) is 9.87. The molecule has 0 radical (unpaired) electrons. The van der Waals surface area contributed by atoms with E-state index in [1.54, 1.807) is 30.7 Å². The van der Waals surface area contributed by atoms with Crippen molar-refractivity contribution in [3.05, 3.63) is 89.0 Å². The van der Waals surface area contributed by atoms with Crippen LogP contribution in [0.15, 0.2) is 61.1 Å². The van der Waals surface area contributed by atoms with Gasteiger partial charge in [0, 0.05) is 44.5 Å². The predicted molar refractivity (Wildman–Crippen MR) is 168 cm³/mol. The number of thiocarbonyl (C=S) groups is 1. The minimum absolute atomic E-state index is 0.0171. The summed E-state index contributed by atoms with van der Waals surface area (Å²) in [5, 5.41) is 12.4. The van der Waals surface area contributed by atoms with E-state index in [9.17, 15) is 18.0 Å². The summed E-state index contributed by atoms with van der Waals surface area (Å²) in [6, 6.07) is 14.6. The van der Waals surface area contributed by atoms with Crippen LogP contribution in [-0.2, 0) is 30.5 Å². The van der Waals surface area contributed by atoms with Crippen LogP contribution in [0.3, 0.4) is 0 Å². The van der Waals surface area contributed by atoms with Gasteiger partial charge in [-0.25, -0.2) is 4.98 Å². The van der Waals surface area contributed by atoms with Crippen molar-refractivity contribution in [2.75, 3.05) is 27.2 Å². The first-order valence-electron chi connectivity index (χ1n) is 14.4. The maximum Gasteiger partial charge on any atom is 0.416 e. The molecule has 0 fully saturated rings. The number of alkyl halides is 3. The van der Waals surface area contributed by atoms with Gasteiger partial charge in [-0.05, 0) is 68.0 Å². The van der Waals surface area contributed by atoms with Gasteiger partial charge < -0.3 is 25.4 Å². The molecule has 0 amide bonds. The Balaban J connectivity index is 1.90. The van der Waals surface area contributed by atoms with Gasteiger partial charge in [0.1, 0.15) is 5.78 Å². The molecule has 3 N–H and O–H groups in total. The fourth-order valence-electron chi connectivity index (χ4n) is 4.93. The van der Waals surface area contributed by atoms with Crippen LogP contribution in [0.25, 0.3) is 0 Å². The first kappa shape index (κ1) is 34.7. The van der Waals surface area contributed by atoms with Crippen LogP contribution in [0.1, 0.15) is 48.2 Å². The molecular formula is C32H40F3N7OS. The molecule has 8 nitrogen and oxygen atoms in total. The summed E-state index contributed by atoms with van der Waals surface area (Å²) < 4.78 is 43.6. The molecule has 1 heterocycles. The van der Waals surface area contributed by atoms with Crippen LogP contribution in [0.2, 0.25) is 0 Å². The predicted octanol–water partition coefficient (Wildman–Crippen LogP) is 4.82. The first-order valence-corrected chi connectivity index (χ1v) is 14.8. The number of carbonyl (C=O) groups is 1. The van der Waals surface area contributed by atoms with E-state index in [0.29, 0.717) is 37.3 Å². The number of nitrogens with two attached hydrogens (primary N) is 1. The van der Waals surface area contributed by atoms with E-state index in [1.807, 2.05) is 49.5 Å². The Labute approximate surface area is 262 Å². The fraction of sp³-hybridized carbons (Fsp3) is 0.438. The van der Waals surface area contributed by atoms with Gasteiger partial charge >= 0.3 is 6.18 Å². The zero-order valence-corrected chi connectivity index (χ0v) is 26.3. The Kier molecular flexibility index (Phi) is 12.5. The summed E-state index contributed by atoms with van der Waals surface area (Å²) in [6.07, 6.45) is -1.82. The fourth-order valence-corrected chi connectivity index (χ4v) is 5.22. The van der Waals surface area contributed by atoms with Crippen molar-refractivity contribution in [2.24, 2.45) is 17.6 Å². The molecule has 0 aliphatic carbocycles. The highest BCUT2D eigenvalue weighted by Gasteiger charge is 2.36. The molecule has 0 spiro atoms. The molecule has 0 aliphatic rings. The van der Waals surface area contributed by atoms with Crippen molar-refractivity contribution in [3.8, 4) is 6.07 Å². The Morgan fingerprint density at radius 1 is 1.16 bits per heavy atom. The van der Waals surface area contributed by atoms with E-state index in [2.05, 4.69) is 16.4 Å². The Bertz CT molecular complexity index is 1430. The number of benzene rings is 2. The van der Waals surface area contributed by atoms with Gasteiger partial charge in [-0.1, -0.05) is 44.2 Å². The Morgan fingerprint density at radius 2 is 1.84 bits per heavy atom. The summed E-state index contributed by atoms with van der Waals surface area (Å²) in [6.45, 7) is 5.27. The maximum atomic E-state index is 14.0. The van der Waals surface area contributed by atoms with Crippen LogP contribution < -0.4 is 11.1 Å². The van der Waals surface area contributed by atoms with Crippen LogP contribution in [0.4, 0.5) is 13.2 Å². The van der Waals surface area contributed by atoms with Crippen LogP contribution >= 0.6 is 12.2 Å². The standard InChI is InChI=1S/C32H40F3N7OS/c1-22(2)15-27(29(43)16-26-18-38-21-41(26)19-24-11-9-23(17-36)10-12-24)30(37)42(31(44)39-13-14-40(3)4)20-25-7-5-6-8-28(25)32(33,34)35/h5-12,18,21-22,27,30H,13-16,19-20,37H2,1-4H3,(H,39,44)/t27-,30?/m1/s1. The molecule has 3 rings (SSSR count). The molecule has 1 unspecified atom stereocenters. The number of Topliss-reactive ketones (excluding diaryl/α,β-unsaturated/α-hetero) is 1. The van der Waals surface area contributed by atoms with Crippen LogP contribution in [0.5, 0.6) is 0 Å². The van der Waals surface area contributed by atoms with Crippen molar-refractivity contribution in [3.63, 3.8) is 0 Å². The molecule has 3 aromatic rings. The third-order valence-electron chi connectivity index (χ3n) is 7.26. The Hall–Kier alpha value is -3.79. The summed E-state index contributed by atoms with van der Waals surface area (Å²) >= 11 is 5.68. The second kappa shape index (κ2) is 15.8. The molecule has 12 heteroatoms. The van der Waals surface area contributed by atoms with Gasteiger partial charge in [0.25, 0.3) is 0 Å². The van der Waals surface area contributed by atoms with E-state index >= 15 is 0 Å². The zero-order valence-electron chi connectivity index (χ0n) is 25.5. The molecule has 44 heavy (non-hydrogen) atoms. The lowest BCUT2D eigenvalue weighted by Gasteiger charge is -2.37. The first-order chi connectivity index (χ1) is 20.8. The van der Waals surface area contributed by atoms with E-state index < -0.39 is 23.8 Å². The number of halogens is 3. The van der Waals surface area contributed by atoms with Crippen LogP contribution in [-0.4, -0.2) is 63.6 Å². The lowest BCUT2D eigenvalue weighted by molar-refractivity contribution is -0.138. The minimum Gasteiger partial charge on any atom is -0.361 e. The topological polar surface area (TPSA) is 103 Å². The number of imidazole rings is 1. The van der Waals surface area contributed by atoms with Crippen molar-refractivity contribution < 1.29 is 18.0 Å². The summed E-state index contributed by atoms with van der Waals surface area (Å²) in [5.74, 6) is -0.795. The summed E-state index contributed by atoms with van der Waals surface area (Å²) in [4.78, 5) is 21.7. The van der Waals surface area contributed by atoms with Crippen molar-refractivity contribution in [2.45, 2.75) is 52.1 Å². The zero-order chi connectivity index (χ0) is 32.4. The molecule has 2 atom stereocenters. The lowest BCUT2D eigenvalue weighted by Crippen LogP contribution is -2.55. The molecule has 0 saturated heterocycles. The minimum atomic E-state index is -4.56. The molecule has 2 aromatic carbocycles. The molecule has 0 aliphatic heterocycles. The van der Waals surface area contributed by atoms with Gasteiger partial charge in [-0.15, -0.1) is 0 Å². The maximum absolute atomic E-state index is 14.0. The summed E-state index contributed by atoms with van der Waals surface area (Å²) in [7, 11) is 3.80. The highest BCUT2D eigenvalue weighted by molar-refractivity contribution is 7.80. The smallest absolute Gasteiger partial charge is 0.361 e. The quantitative estimate of drug-likeness (QED) is 0.194. The third-order valence-corrected chi connectivity index (χ3v) is 7.64. The largest absolute Gasteiger partial charge is 0.416 e. The van der Waals surface area contributed by atoms with Gasteiger partial charge in [0.2, 0.25) is 0 Å². The molecular weight excluding hydrogens is 587 g/mol. The van der Waals surface area contributed by atoms with Gasteiger partial charge in [0.15, 0.2) is 5.11 Å². The molecule has 1 aromatic heterocycles. The molecule has 0 saturated carbocycles. The average Bonchev–Trinajstić information content (AvgIpc) is 3.39. The van der Waals surface area contributed by atoms with Crippen molar-refractivity contribution in [1.29, 1.82) is 5.26 Å². The number of nitriles is 1. The van der Waals surface area contributed by atoms with Gasteiger partial charge in [-0.2, -0.15) is 18.4 Å². The number of aromatic nitrogens is 2. The number of likely N-dealkylation sites (N-methyl/N-ethyl adjacent to an activating group) is 1. The van der Waals surface area contributed by atoms with E-state index in [-0.39, 0.29) is 35.3 Å². The van der Waals surface area contributed by atoms with E-state index in [1.165, 1.54) is 17.0 Å². The van der Waals surface area contributed by atoms with Crippen LogP contribution in [0, 0.1) is 23.2 Å². The Morgan fingerprint density at radius 3 is 2.45 bits per heavy atom. The normalized spacial score (nSPS) is 13.0.